The normalized spacial score (nSPS) is 12.4. The molecule has 3 rings (SSSR count). The molecule has 0 unspecified atom stereocenters. The maximum Gasteiger partial charge on any atom is 0.416 e. The average molecular weight is 651 g/mol. The molecule has 0 aliphatic heterocycles. The van der Waals surface area contributed by atoms with Crippen LogP contribution in [0.2, 0.25) is 0 Å². The van der Waals surface area contributed by atoms with Gasteiger partial charge in [-0.05, 0) is 106 Å². The molecule has 9 heteroatoms. The molecule has 0 saturated heterocycles. The lowest BCUT2D eigenvalue weighted by Gasteiger charge is -2.12. The molecule has 3 aromatic carbocycles. The summed E-state index contributed by atoms with van der Waals surface area (Å²) in [5, 5.41) is 0. The molecule has 0 aliphatic rings. The van der Waals surface area contributed by atoms with E-state index in [2.05, 4.69) is 45.2 Å². The van der Waals surface area contributed by atoms with Crippen LogP contribution in [-0.2, 0) is 23.2 Å². The molecule has 0 bridgehead atoms. The van der Waals surface area contributed by atoms with E-state index in [1.54, 1.807) is 0 Å². The van der Waals surface area contributed by atoms with Gasteiger partial charge in [0.25, 0.3) is 0 Å². The molecule has 0 aromatic heterocycles. The third kappa shape index (κ3) is 5.40. The van der Waals surface area contributed by atoms with Gasteiger partial charge in [0.2, 0.25) is 0 Å². The monoisotopic (exact) mass is 651 g/mol. The SMILES string of the molecule is FC(F)(F)c1ccc([S+](c2ccc(C(F)(F)F)cc2)c2ccc(I)c(I)c2)cc1. The van der Waals surface area contributed by atoms with E-state index in [4.69, 9.17) is 0 Å². The van der Waals surface area contributed by atoms with Gasteiger partial charge >= 0.3 is 12.4 Å². The fourth-order valence-electron chi connectivity index (χ4n) is 2.57. The van der Waals surface area contributed by atoms with Gasteiger partial charge in [-0.3, -0.25) is 0 Å². The molecule has 0 aliphatic carbocycles. The van der Waals surface area contributed by atoms with Crippen LogP contribution in [0.5, 0.6) is 0 Å². The third-order valence-electron chi connectivity index (χ3n) is 3.96. The molecule has 29 heavy (non-hydrogen) atoms. The van der Waals surface area contributed by atoms with Crippen LogP contribution < -0.4 is 0 Å². The maximum atomic E-state index is 12.9. The molecule has 0 spiro atoms. The Morgan fingerprint density at radius 1 is 0.517 bits per heavy atom. The number of halogens is 8. The fraction of sp³-hybridized carbons (Fsp3) is 0.100. The Morgan fingerprint density at radius 2 is 0.897 bits per heavy atom. The van der Waals surface area contributed by atoms with Crippen LogP contribution in [0, 0.1) is 7.14 Å². The van der Waals surface area contributed by atoms with E-state index in [-0.39, 0.29) is 0 Å². The highest BCUT2D eigenvalue weighted by atomic mass is 127. The molecule has 0 saturated carbocycles. The summed E-state index contributed by atoms with van der Waals surface area (Å²) in [6.45, 7) is 0. The predicted octanol–water partition coefficient (Wildman–Crippen LogP) is 8.03. The molecule has 0 atom stereocenters. The number of hydrogen-bond donors (Lipinski definition) is 0. The van der Waals surface area contributed by atoms with Crippen molar-refractivity contribution in [3.63, 3.8) is 0 Å². The predicted molar refractivity (Wildman–Crippen MR) is 117 cm³/mol. The van der Waals surface area contributed by atoms with Gasteiger partial charge in [-0.1, -0.05) is 0 Å². The Balaban J connectivity index is 2.10. The largest absolute Gasteiger partial charge is 0.416 e. The number of benzene rings is 3. The van der Waals surface area contributed by atoms with Gasteiger partial charge in [-0.25, -0.2) is 0 Å². The molecule has 0 heterocycles. The van der Waals surface area contributed by atoms with Crippen LogP contribution in [0.15, 0.2) is 81.4 Å². The number of hydrogen-bond acceptors (Lipinski definition) is 0. The summed E-state index contributed by atoms with van der Waals surface area (Å²) in [6, 6.07) is 15.2. The minimum Gasteiger partial charge on any atom is -0.166 e. The highest BCUT2D eigenvalue weighted by Gasteiger charge is 2.35. The maximum absolute atomic E-state index is 12.9. The Kier molecular flexibility index (Phi) is 6.78. The highest BCUT2D eigenvalue weighted by Crippen LogP contribution is 2.37. The van der Waals surface area contributed by atoms with Gasteiger partial charge in [0.15, 0.2) is 14.7 Å². The zero-order valence-electron chi connectivity index (χ0n) is 14.3. The van der Waals surface area contributed by atoms with E-state index in [1.807, 2.05) is 18.2 Å². The smallest absolute Gasteiger partial charge is 0.166 e. The first kappa shape index (κ1) is 22.7. The Morgan fingerprint density at radius 3 is 1.24 bits per heavy atom. The van der Waals surface area contributed by atoms with E-state index in [9.17, 15) is 26.3 Å². The van der Waals surface area contributed by atoms with Gasteiger partial charge in [0.05, 0.1) is 22.0 Å². The summed E-state index contributed by atoms with van der Waals surface area (Å²) in [5.41, 5.74) is -1.54. The molecular weight excluding hydrogens is 640 g/mol. The summed E-state index contributed by atoms with van der Waals surface area (Å²) in [7, 11) is -0.846. The van der Waals surface area contributed by atoms with Crippen molar-refractivity contribution in [2.24, 2.45) is 0 Å². The topological polar surface area (TPSA) is 0 Å². The van der Waals surface area contributed by atoms with Crippen LogP contribution in [0.25, 0.3) is 0 Å². The van der Waals surface area contributed by atoms with Crippen molar-refractivity contribution in [1.29, 1.82) is 0 Å². The number of alkyl halides is 6. The molecular formula is C20H11F6I2S+. The highest BCUT2D eigenvalue weighted by molar-refractivity contribution is 14.1. The van der Waals surface area contributed by atoms with Crippen LogP contribution in [0.3, 0.4) is 0 Å². The van der Waals surface area contributed by atoms with Crippen LogP contribution >= 0.6 is 45.2 Å². The van der Waals surface area contributed by atoms with E-state index in [1.165, 1.54) is 24.3 Å². The molecule has 0 radical (unpaired) electrons. The first-order valence-corrected chi connectivity index (χ1v) is 11.4. The average Bonchev–Trinajstić information content (AvgIpc) is 2.64. The molecule has 0 amide bonds. The van der Waals surface area contributed by atoms with E-state index in [0.717, 1.165) is 36.3 Å². The summed E-state index contributed by atoms with van der Waals surface area (Å²) in [6.07, 6.45) is -8.91. The van der Waals surface area contributed by atoms with Crippen molar-refractivity contribution >= 4 is 56.1 Å². The van der Waals surface area contributed by atoms with Crippen molar-refractivity contribution in [2.45, 2.75) is 27.0 Å². The number of rotatable bonds is 3. The van der Waals surface area contributed by atoms with Crippen molar-refractivity contribution in [3.8, 4) is 0 Å². The molecule has 0 fully saturated rings. The molecule has 3 aromatic rings. The molecule has 0 nitrogen and oxygen atoms in total. The lowest BCUT2D eigenvalue weighted by molar-refractivity contribution is -0.138. The van der Waals surface area contributed by atoms with Crippen LogP contribution in [0.4, 0.5) is 26.3 Å². The first-order valence-electron chi connectivity index (χ1n) is 8.00. The van der Waals surface area contributed by atoms with Crippen LogP contribution in [0.1, 0.15) is 11.1 Å². The quantitative estimate of drug-likeness (QED) is 0.153. The first-order chi connectivity index (χ1) is 13.5. The van der Waals surface area contributed by atoms with Crippen molar-refractivity contribution in [2.75, 3.05) is 0 Å². The minimum absolute atomic E-state index is 0.592. The lowest BCUT2D eigenvalue weighted by atomic mass is 10.2. The van der Waals surface area contributed by atoms with Gasteiger partial charge in [-0.15, -0.1) is 0 Å². The Bertz CT molecular complexity index is 938. The minimum atomic E-state index is -4.45. The van der Waals surface area contributed by atoms with Gasteiger partial charge < -0.3 is 0 Å². The van der Waals surface area contributed by atoms with Crippen molar-refractivity contribution in [1.82, 2.24) is 0 Å². The third-order valence-corrected chi connectivity index (χ3v) is 9.04. The van der Waals surface area contributed by atoms with Gasteiger partial charge in [-0.2, -0.15) is 26.3 Å². The summed E-state index contributed by atoms with van der Waals surface area (Å²) < 4.78 is 79.4. The second kappa shape index (κ2) is 8.66. The van der Waals surface area contributed by atoms with E-state index < -0.39 is 34.4 Å². The zero-order chi connectivity index (χ0) is 21.4. The standard InChI is InChI=1S/C20H11F6I2S/c21-19(22,23)12-1-5-14(6-2-12)29(16-9-10-17(27)18(28)11-16)15-7-3-13(4-8-15)20(24,25)26/h1-11H/q+1. The van der Waals surface area contributed by atoms with E-state index >= 15 is 0 Å². The Labute approximate surface area is 193 Å². The Hall–Kier alpha value is -0.950. The van der Waals surface area contributed by atoms with Crippen molar-refractivity contribution in [3.05, 3.63) is 85.0 Å². The summed E-state index contributed by atoms with van der Waals surface area (Å²) >= 11 is 4.32. The molecule has 152 valence electrons. The summed E-state index contributed by atoms with van der Waals surface area (Å²) in [5.74, 6) is 0. The van der Waals surface area contributed by atoms with Crippen LogP contribution in [-0.4, -0.2) is 0 Å². The summed E-state index contributed by atoms with van der Waals surface area (Å²) in [4.78, 5) is 2.00. The second-order valence-corrected chi connectivity index (χ2v) is 10.3. The zero-order valence-corrected chi connectivity index (χ0v) is 19.4. The van der Waals surface area contributed by atoms with E-state index in [0.29, 0.717) is 9.79 Å². The van der Waals surface area contributed by atoms with Crippen molar-refractivity contribution < 1.29 is 26.3 Å². The van der Waals surface area contributed by atoms with Gasteiger partial charge in [0, 0.05) is 13.2 Å². The van der Waals surface area contributed by atoms with Gasteiger partial charge in [0.1, 0.15) is 0 Å². The molecule has 0 N–H and O–H groups in total. The fourth-order valence-corrected chi connectivity index (χ4v) is 5.71. The second-order valence-electron chi connectivity index (χ2n) is 5.93. The lowest BCUT2D eigenvalue weighted by Crippen LogP contribution is -2.09.